The highest BCUT2D eigenvalue weighted by molar-refractivity contribution is 6.12. The lowest BCUT2D eigenvalue weighted by atomic mass is 9.89. The number of allylic oxidation sites excluding steroid dienone is 4. The van der Waals surface area contributed by atoms with E-state index in [1.165, 1.54) is 44.1 Å². The average Bonchev–Trinajstić information content (AvgIpc) is 3.97. The van der Waals surface area contributed by atoms with Crippen LogP contribution >= 0.6 is 0 Å². The average molecular weight is 745 g/mol. The van der Waals surface area contributed by atoms with Crippen molar-refractivity contribution in [1.29, 1.82) is 0 Å². The van der Waals surface area contributed by atoms with Crippen molar-refractivity contribution in [2.75, 3.05) is 4.90 Å². The van der Waals surface area contributed by atoms with Gasteiger partial charge in [0.05, 0.1) is 22.4 Å². The molecule has 58 heavy (non-hydrogen) atoms. The second-order valence-electron chi connectivity index (χ2n) is 15.1. The van der Waals surface area contributed by atoms with Crippen LogP contribution in [0.1, 0.15) is 18.4 Å². The summed E-state index contributed by atoms with van der Waals surface area (Å²) < 4.78 is 15.5. The van der Waals surface area contributed by atoms with Gasteiger partial charge in [0.1, 0.15) is 16.7 Å². The number of fused-ring (bicyclic) bond motifs is 9. The minimum absolute atomic E-state index is 0.850. The third-order valence-corrected chi connectivity index (χ3v) is 11.9. The highest BCUT2D eigenvalue weighted by Gasteiger charge is 2.24. The van der Waals surface area contributed by atoms with Crippen molar-refractivity contribution in [3.8, 4) is 16.8 Å². The van der Waals surface area contributed by atoms with Gasteiger partial charge in [0, 0.05) is 49.3 Å². The van der Waals surface area contributed by atoms with E-state index in [-0.39, 0.29) is 0 Å². The van der Waals surface area contributed by atoms with Crippen LogP contribution in [-0.4, -0.2) is 4.57 Å². The molecule has 4 heteroatoms. The van der Waals surface area contributed by atoms with E-state index in [1.54, 1.807) is 0 Å². The standard InChI is InChI=1S/C54H36N2O2/c1-2-15-35(16-3-1)45-33-36(29-31-38(45)39-17-4-9-23-47(39)56-48-24-10-5-18-40(48)41-19-6-11-25-49(41)56)55(37-30-32-53-46(34-37)43-21-8-12-27-51(43)57-53)50-26-14-22-44-42-20-7-13-28-52(42)58-54(44)50/h1-2,4-15,17-34H,3,16H2. The number of nitrogens with zero attached hydrogens (tertiary/aromatic N) is 2. The maximum Gasteiger partial charge on any atom is 0.159 e. The van der Waals surface area contributed by atoms with Crippen molar-refractivity contribution in [3.05, 3.63) is 200 Å². The Bertz CT molecular complexity index is 3430. The molecule has 12 rings (SSSR count). The van der Waals surface area contributed by atoms with Crippen LogP contribution < -0.4 is 4.90 Å². The topological polar surface area (TPSA) is 34.5 Å². The lowest BCUT2D eigenvalue weighted by Gasteiger charge is -2.27. The molecule has 0 spiro atoms. The highest BCUT2D eigenvalue weighted by atomic mass is 16.3. The molecule has 3 heterocycles. The first-order valence-electron chi connectivity index (χ1n) is 20.0. The van der Waals surface area contributed by atoms with E-state index in [1.807, 2.05) is 18.2 Å². The fourth-order valence-electron chi connectivity index (χ4n) is 9.27. The summed E-state index contributed by atoms with van der Waals surface area (Å²) in [5.41, 5.74) is 15.0. The third-order valence-electron chi connectivity index (χ3n) is 11.9. The second-order valence-corrected chi connectivity index (χ2v) is 15.1. The van der Waals surface area contributed by atoms with Crippen LogP contribution in [0.4, 0.5) is 17.1 Å². The Morgan fingerprint density at radius 1 is 0.448 bits per heavy atom. The van der Waals surface area contributed by atoms with Gasteiger partial charge in [0.15, 0.2) is 5.58 Å². The van der Waals surface area contributed by atoms with Gasteiger partial charge >= 0.3 is 0 Å². The van der Waals surface area contributed by atoms with Crippen molar-refractivity contribution < 1.29 is 8.83 Å². The molecule has 0 unspecified atom stereocenters. The third kappa shape index (κ3) is 5.01. The number of hydrogen-bond donors (Lipinski definition) is 0. The Kier molecular flexibility index (Phi) is 7.32. The molecule has 0 aliphatic heterocycles. The molecule has 274 valence electrons. The summed E-state index contributed by atoms with van der Waals surface area (Å²) in [6.07, 6.45) is 8.72. The second kappa shape index (κ2) is 13.0. The van der Waals surface area contributed by atoms with Gasteiger partial charge in [0.25, 0.3) is 0 Å². The molecule has 3 aromatic heterocycles. The van der Waals surface area contributed by atoms with Crippen LogP contribution in [-0.2, 0) is 0 Å². The van der Waals surface area contributed by atoms with Crippen LogP contribution in [0.5, 0.6) is 0 Å². The van der Waals surface area contributed by atoms with E-state index in [0.29, 0.717) is 0 Å². The molecular weight excluding hydrogens is 709 g/mol. The van der Waals surface area contributed by atoms with Crippen LogP contribution in [0, 0.1) is 0 Å². The number of benzene rings is 8. The van der Waals surface area contributed by atoms with E-state index >= 15 is 0 Å². The van der Waals surface area contributed by atoms with Crippen LogP contribution in [0.2, 0.25) is 0 Å². The molecule has 1 aliphatic carbocycles. The Labute approximate surface area is 334 Å². The van der Waals surface area contributed by atoms with Crippen LogP contribution in [0.3, 0.4) is 0 Å². The molecule has 0 fully saturated rings. The molecule has 0 saturated carbocycles. The quantitative estimate of drug-likeness (QED) is 0.170. The minimum atomic E-state index is 0.850. The number of rotatable bonds is 6. The highest BCUT2D eigenvalue weighted by Crippen LogP contribution is 2.47. The predicted molar refractivity (Wildman–Crippen MR) is 242 cm³/mol. The molecule has 0 N–H and O–H groups in total. The zero-order valence-electron chi connectivity index (χ0n) is 31.6. The van der Waals surface area contributed by atoms with E-state index in [9.17, 15) is 0 Å². The smallest absolute Gasteiger partial charge is 0.159 e. The van der Waals surface area contributed by atoms with Gasteiger partial charge in [-0.15, -0.1) is 0 Å². The molecule has 0 bridgehead atoms. The lowest BCUT2D eigenvalue weighted by Crippen LogP contribution is -2.11. The van der Waals surface area contributed by atoms with Crippen LogP contribution in [0.25, 0.3) is 88.1 Å². The fourth-order valence-corrected chi connectivity index (χ4v) is 9.27. The number of aromatic nitrogens is 1. The SMILES string of the molecule is C1=CCCC(c2cc(N(c3ccc4oc5ccccc5c4c3)c3cccc4c3oc3ccccc34)ccc2-c2ccccc2-n2c3ccccc3c3ccccc32)=C1. The molecule has 0 radical (unpaired) electrons. The zero-order valence-corrected chi connectivity index (χ0v) is 31.6. The van der Waals surface area contributed by atoms with Crippen molar-refractivity contribution in [3.63, 3.8) is 0 Å². The predicted octanol–water partition coefficient (Wildman–Crippen LogP) is 15.5. The van der Waals surface area contributed by atoms with Crippen molar-refractivity contribution in [2.45, 2.75) is 12.8 Å². The number of furan rings is 2. The first kappa shape index (κ1) is 32.7. The first-order chi connectivity index (χ1) is 28.8. The van der Waals surface area contributed by atoms with Gasteiger partial charge in [-0.2, -0.15) is 0 Å². The minimum Gasteiger partial charge on any atom is -0.456 e. The molecular formula is C54H36N2O2. The summed E-state index contributed by atoms with van der Waals surface area (Å²) in [5.74, 6) is 0. The van der Waals surface area contributed by atoms with E-state index in [0.717, 1.165) is 79.5 Å². The van der Waals surface area contributed by atoms with Gasteiger partial charge in [0.2, 0.25) is 0 Å². The molecule has 0 saturated heterocycles. The maximum atomic E-state index is 6.73. The summed E-state index contributed by atoms with van der Waals surface area (Å²) in [4.78, 5) is 2.36. The Balaban J connectivity index is 1.12. The number of para-hydroxylation sites is 6. The monoisotopic (exact) mass is 744 g/mol. The van der Waals surface area contributed by atoms with Gasteiger partial charge < -0.3 is 18.3 Å². The van der Waals surface area contributed by atoms with Gasteiger partial charge in [-0.3, -0.25) is 0 Å². The van der Waals surface area contributed by atoms with E-state index in [4.69, 9.17) is 8.83 Å². The van der Waals surface area contributed by atoms with Crippen molar-refractivity contribution in [2.24, 2.45) is 0 Å². The first-order valence-corrected chi connectivity index (χ1v) is 20.0. The number of anilines is 3. The molecule has 11 aromatic rings. The van der Waals surface area contributed by atoms with E-state index in [2.05, 4.69) is 185 Å². The van der Waals surface area contributed by atoms with Gasteiger partial charge in [-0.1, -0.05) is 127 Å². The van der Waals surface area contributed by atoms with Crippen LogP contribution in [0.15, 0.2) is 203 Å². The summed E-state index contributed by atoms with van der Waals surface area (Å²) in [5, 5.41) is 6.87. The summed E-state index contributed by atoms with van der Waals surface area (Å²) in [6, 6.07) is 62.9. The number of hydrogen-bond acceptors (Lipinski definition) is 3. The Hall–Kier alpha value is -7.56. The maximum absolute atomic E-state index is 6.73. The fraction of sp³-hybridized carbons (Fsp3) is 0.0370. The normalized spacial score (nSPS) is 13.1. The Morgan fingerprint density at radius 2 is 1.07 bits per heavy atom. The van der Waals surface area contributed by atoms with Crippen molar-refractivity contribution in [1.82, 2.24) is 4.57 Å². The van der Waals surface area contributed by atoms with Gasteiger partial charge in [-0.25, -0.2) is 0 Å². The molecule has 8 aromatic carbocycles. The van der Waals surface area contributed by atoms with Gasteiger partial charge in [-0.05, 0) is 96.3 Å². The molecule has 0 atom stereocenters. The van der Waals surface area contributed by atoms with Crippen molar-refractivity contribution >= 4 is 88.3 Å². The lowest BCUT2D eigenvalue weighted by molar-refractivity contribution is 0.669. The largest absolute Gasteiger partial charge is 0.456 e. The molecule has 4 nitrogen and oxygen atoms in total. The summed E-state index contributed by atoms with van der Waals surface area (Å²) >= 11 is 0. The Morgan fingerprint density at radius 3 is 1.84 bits per heavy atom. The summed E-state index contributed by atoms with van der Waals surface area (Å²) in [6.45, 7) is 0. The summed E-state index contributed by atoms with van der Waals surface area (Å²) in [7, 11) is 0. The molecule has 0 amide bonds. The molecule has 1 aliphatic rings. The van der Waals surface area contributed by atoms with E-state index < -0.39 is 0 Å². The zero-order chi connectivity index (χ0) is 38.2.